The summed E-state index contributed by atoms with van der Waals surface area (Å²) >= 11 is 0. The molecule has 4 nitrogen and oxygen atoms in total. The third-order valence-corrected chi connectivity index (χ3v) is 0.813. The highest BCUT2D eigenvalue weighted by Gasteiger charge is 2.12. The topological polar surface area (TPSA) is 72.2 Å². The number of rotatable bonds is 4. The Morgan fingerprint density at radius 3 is 2.40 bits per heavy atom. The maximum Gasteiger partial charge on any atom is 0.277 e. The molecule has 1 atom stereocenters. The van der Waals surface area contributed by atoms with Crippen LogP contribution >= 0.6 is 0 Å². The molecule has 0 aromatic rings. The summed E-state index contributed by atoms with van der Waals surface area (Å²) in [7, 11) is 0. The molecule has 1 amide bonds. The van der Waals surface area contributed by atoms with E-state index in [-0.39, 0.29) is 12.5 Å². The Balaban J connectivity index is 3.40. The third-order valence-electron chi connectivity index (χ3n) is 0.813. The van der Waals surface area contributed by atoms with Crippen molar-refractivity contribution in [1.82, 2.24) is 0 Å². The highest BCUT2D eigenvalue weighted by molar-refractivity contribution is 5.76. The van der Waals surface area contributed by atoms with Gasteiger partial charge in [-0.2, -0.15) is 5.11 Å². The lowest BCUT2D eigenvalue weighted by atomic mass is 10.2. The molecule has 0 saturated carbocycles. The van der Waals surface area contributed by atoms with E-state index < -0.39 is 12.2 Å². The van der Waals surface area contributed by atoms with Crippen LogP contribution in [-0.2, 0) is 14.6 Å². The normalized spacial score (nSPS) is 13.6. The second-order valence-corrected chi connectivity index (χ2v) is 2.46. The number of carbonyl (C=O) groups is 1. The summed E-state index contributed by atoms with van der Waals surface area (Å²) in [5, 5.41) is 10.4. The summed E-state index contributed by atoms with van der Waals surface area (Å²) in [6.07, 6.45) is -1.71. The molecule has 0 saturated heterocycles. The van der Waals surface area contributed by atoms with Crippen LogP contribution in [0.1, 0.15) is 13.8 Å². The fourth-order valence-electron chi connectivity index (χ4n) is 0.362. The molecule has 0 spiro atoms. The molecule has 0 aromatic carbocycles. The molecule has 0 aliphatic heterocycles. The second kappa shape index (κ2) is 4.24. The first-order chi connectivity index (χ1) is 4.54. The van der Waals surface area contributed by atoms with Crippen molar-refractivity contribution in [3.05, 3.63) is 0 Å². The van der Waals surface area contributed by atoms with Gasteiger partial charge in [0.25, 0.3) is 12.2 Å². The lowest BCUT2D eigenvalue weighted by molar-refractivity contribution is -0.171. The summed E-state index contributed by atoms with van der Waals surface area (Å²) in [5.41, 5.74) is 4.65. The number of nitrogens with two attached hydrogens (primary N) is 1. The molecule has 4 heteroatoms. The van der Waals surface area contributed by atoms with Gasteiger partial charge in [0, 0.05) is 0 Å². The molecule has 0 bridgehead atoms. The molecule has 0 aliphatic rings. The van der Waals surface area contributed by atoms with Gasteiger partial charge in [0.15, 0.2) is 0 Å². The van der Waals surface area contributed by atoms with Crippen LogP contribution in [0.15, 0.2) is 0 Å². The molecule has 1 unspecified atom stereocenters. The maximum atomic E-state index is 10.4. The Morgan fingerprint density at radius 2 is 2.10 bits per heavy atom. The second-order valence-electron chi connectivity index (χ2n) is 2.46. The van der Waals surface area contributed by atoms with E-state index in [9.17, 15) is 9.90 Å². The maximum absolute atomic E-state index is 10.4. The van der Waals surface area contributed by atoms with Gasteiger partial charge in [-0.05, 0) is 5.92 Å². The standard InChI is InChI=1S/C6H12NO3/c1-4(2)3-10-6(9)5(7)8/h4,6H,3H2,1-2H3,(H2,7,8). The van der Waals surface area contributed by atoms with Gasteiger partial charge in [0.2, 0.25) is 0 Å². The van der Waals surface area contributed by atoms with E-state index in [0.717, 1.165) is 0 Å². The average Bonchev–Trinajstić information content (AvgIpc) is 1.82. The minimum absolute atomic E-state index is 0.246. The van der Waals surface area contributed by atoms with E-state index in [1.54, 1.807) is 0 Å². The zero-order valence-corrected chi connectivity index (χ0v) is 6.16. The van der Waals surface area contributed by atoms with Crippen molar-refractivity contribution in [2.24, 2.45) is 11.7 Å². The molecule has 0 rings (SSSR count). The van der Waals surface area contributed by atoms with Crippen LogP contribution in [0.25, 0.3) is 0 Å². The van der Waals surface area contributed by atoms with Crippen LogP contribution in [0.3, 0.4) is 0 Å². The molecule has 0 aliphatic carbocycles. The Morgan fingerprint density at radius 1 is 1.60 bits per heavy atom. The van der Waals surface area contributed by atoms with Gasteiger partial charge >= 0.3 is 0 Å². The van der Waals surface area contributed by atoms with Crippen LogP contribution in [-0.4, -0.2) is 18.8 Å². The third kappa shape index (κ3) is 4.29. The summed E-state index contributed by atoms with van der Waals surface area (Å²) in [6.45, 7) is 4.04. The number of hydrogen-bond donors (Lipinski definition) is 1. The van der Waals surface area contributed by atoms with Crippen LogP contribution in [0.2, 0.25) is 0 Å². The van der Waals surface area contributed by atoms with E-state index in [1.165, 1.54) is 0 Å². The zero-order chi connectivity index (χ0) is 8.15. The predicted molar refractivity (Wildman–Crippen MR) is 34.5 cm³/mol. The van der Waals surface area contributed by atoms with Gasteiger partial charge in [-0.15, -0.1) is 0 Å². The first kappa shape index (κ1) is 9.39. The van der Waals surface area contributed by atoms with Gasteiger partial charge in [-0.3, -0.25) is 4.79 Å². The van der Waals surface area contributed by atoms with Crippen molar-refractivity contribution in [3.8, 4) is 0 Å². The molecule has 2 N–H and O–H groups in total. The number of hydrogen-bond acceptors (Lipinski definition) is 2. The van der Waals surface area contributed by atoms with Crippen molar-refractivity contribution in [2.75, 3.05) is 6.61 Å². The van der Waals surface area contributed by atoms with E-state index in [0.29, 0.717) is 0 Å². The van der Waals surface area contributed by atoms with E-state index in [4.69, 9.17) is 0 Å². The van der Waals surface area contributed by atoms with Crippen LogP contribution in [0, 0.1) is 5.92 Å². The van der Waals surface area contributed by atoms with Crippen molar-refractivity contribution < 1.29 is 14.6 Å². The molecule has 59 valence electrons. The van der Waals surface area contributed by atoms with E-state index >= 15 is 0 Å². The molecule has 10 heavy (non-hydrogen) atoms. The molecular formula is C6H12NO3. The number of carbonyl (C=O) groups excluding carboxylic acids is 1. The van der Waals surface area contributed by atoms with Gasteiger partial charge < -0.3 is 10.5 Å². The van der Waals surface area contributed by atoms with Crippen molar-refractivity contribution in [3.63, 3.8) is 0 Å². The summed E-state index contributed by atoms with van der Waals surface area (Å²) in [5.74, 6) is -0.712. The molecule has 0 heterocycles. The van der Waals surface area contributed by atoms with Gasteiger partial charge in [-0.1, -0.05) is 13.8 Å². The highest BCUT2D eigenvalue weighted by Crippen LogP contribution is 1.95. The van der Waals surface area contributed by atoms with Crippen LogP contribution in [0.4, 0.5) is 0 Å². The van der Waals surface area contributed by atoms with Crippen LogP contribution < -0.4 is 5.73 Å². The van der Waals surface area contributed by atoms with E-state index in [1.807, 2.05) is 13.8 Å². The SMILES string of the molecule is CC(C)COC([O])C(N)=O. The Labute approximate surface area is 60.0 Å². The lowest BCUT2D eigenvalue weighted by Gasteiger charge is -2.07. The molecule has 0 aromatic heterocycles. The van der Waals surface area contributed by atoms with Gasteiger partial charge in [0.05, 0.1) is 6.61 Å². The Hall–Kier alpha value is -0.610. The first-order valence-corrected chi connectivity index (χ1v) is 3.10. The number of ether oxygens (including phenoxy) is 1. The van der Waals surface area contributed by atoms with Crippen molar-refractivity contribution in [2.45, 2.75) is 20.1 Å². The molecule has 0 fully saturated rings. The minimum atomic E-state index is -1.71. The Bertz CT molecular complexity index is 114. The average molecular weight is 146 g/mol. The summed E-state index contributed by atoms with van der Waals surface area (Å²) in [6, 6.07) is 0. The summed E-state index contributed by atoms with van der Waals surface area (Å²) in [4.78, 5) is 10.1. The smallest absolute Gasteiger partial charge is 0.277 e. The fourth-order valence-corrected chi connectivity index (χ4v) is 0.362. The minimum Gasteiger partial charge on any atom is -0.365 e. The van der Waals surface area contributed by atoms with Gasteiger partial charge in [0.1, 0.15) is 0 Å². The number of amides is 1. The fraction of sp³-hybridized carbons (Fsp3) is 0.833. The Kier molecular flexibility index (Phi) is 3.99. The van der Waals surface area contributed by atoms with Crippen LogP contribution in [0.5, 0.6) is 0 Å². The predicted octanol–water partition coefficient (Wildman–Crippen LogP) is -0.0991. The zero-order valence-electron chi connectivity index (χ0n) is 6.16. The largest absolute Gasteiger partial charge is 0.365 e. The highest BCUT2D eigenvalue weighted by atomic mass is 16.6. The van der Waals surface area contributed by atoms with E-state index in [2.05, 4.69) is 10.5 Å². The molecular weight excluding hydrogens is 134 g/mol. The summed E-state index contributed by atoms with van der Waals surface area (Å²) < 4.78 is 4.53. The quantitative estimate of drug-likeness (QED) is 0.562. The lowest BCUT2D eigenvalue weighted by Crippen LogP contribution is -2.30. The number of primary amides is 1. The van der Waals surface area contributed by atoms with Gasteiger partial charge in [-0.25, -0.2) is 0 Å². The van der Waals surface area contributed by atoms with Crippen molar-refractivity contribution >= 4 is 5.91 Å². The molecule has 1 radical (unpaired) electrons. The monoisotopic (exact) mass is 146 g/mol. The first-order valence-electron chi connectivity index (χ1n) is 3.10. The van der Waals surface area contributed by atoms with Crippen molar-refractivity contribution in [1.29, 1.82) is 0 Å².